The van der Waals surface area contributed by atoms with Crippen LogP contribution in [0.25, 0.3) is 0 Å². The van der Waals surface area contributed by atoms with Gasteiger partial charge in [0.2, 0.25) is 21.8 Å². The standard InChI is InChI=1S/C18H21ClF3N3O3S/c1-17(2,3)16-24-23-15(28-16)13-6-4-5-9-25(13)29(26,27)14-8-7-11(10-12(14)19)18(20,21)22/h7-8,10,13H,4-6,9H2,1-3H3/t13-/m0/s1. The molecule has 1 atom stereocenters. The second-order valence-electron chi connectivity index (χ2n) is 7.97. The number of piperidine rings is 1. The summed E-state index contributed by atoms with van der Waals surface area (Å²) >= 11 is 5.94. The van der Waals surface area contributed by atoms with Crippen molar-refractivity contribution in [3.05, 3.63) is 40.6 Å². The first-order chi connectivity index (χ1) is 13.3. The van der Waals surface area contributed by atoms with Crippen LogP contribution in [0.5, 0.6) is 0 Å². The summed E-state index contributed by atoms with van der Waals surface area (Å²) in [6, 6.07) is 1.52. The van der Waals surface area contributed by atoms with E-state index < -0.39 is 38.2 Å². The summed E-state index contributed by atoms with van der Waals surface area (Å²) in [7, 11) is -4.17. The maximum atomic E-state index is 13.2. The van der Waals surface area contributed by atoms with E-state index in [9.17, 15) is 21.6 Å². The molecule has 0 radical (unpaired) electrons. The van der Waals surface area contributed by atoms with Crippen molar-refractivity contribution in [2.45, 2.75) is 62.6 Å². The molecule has 0 bridgehead atoms. The molecule has 6 nitrogen and oxygen atoms in total. The number of hydrogen-bond donors (Lipinski definition) is 0. The van der Waals surface area contributed by atoms with Gasteiger partial charge < -0.3 is 4.42 Å². The van der Waals surface area contributed by atoms with Crippen LogP contribution in [0.1, 0.15) is 63.4 Å². The van der Waals surface area contributed by atoms with E-state index in [1.165, 1.54) is 4.31 Å². The van der Waals surface area contributed by atoms with E-state index in [4.69, 9.17) is 16.0 Å². The molecule has 0 saturated carbocycles. The van der Waals surface area contributed by atoms with E-state index in [1.54, 1.807) is 0 Å². The quantitative estimate of drug-likeness (QED) is 0.659. The fraction of sp³-hybridized carbons (Fsp3) is 0.556. The van der Waals surface area contributed by atoms with E-state index in [1.807, 2.05) is 20.8 Å². The van der Waals surface area contributed by atoms with E-state index >= 15 is 0 Å². The van der Waals surface area contributed by atoms with E-state index in [-0.39, 0.29) is 17.3 Å². The van der Waals surface area contributed by atoms with Gasteiger partial charge in [-0.25, -0.2) is 8.42 Å². The van der Waals surface area contributed by atoms with E-state index in [2.05, 4.69) is 10.2 Å². The van der Waals surface area contributed by atoms with Crippen LogP contribution in [0, 0.1) is 0 Å². The number of sulfonamides is 1. The van der Waals surface area contributed by atoms with Crippen LogP contribution in [0.15, 0.2) is 27.5 Å². The van der Waals surface area contributed by atoms with Crippen molar-refractivity contribution in [1.29, 1.82) is 0 Å². The average Bonchev–Trinajstić information content (AvgIpc) is 3.11. The average molecular weight is 452 g/mol. The highest BCUT2D eigenvalue weighted by atomic mass is 35.5. The molecule has 1 aliphatic rings. The fourth-order valence-electron chi connectivity index (χ4n) is 3.12. The molecular weight excluding hydrogens is 431 g/mol. The van der Waals surface area contributed by atoms with Crippen LogP contribution in [0.4, 0.5) is 13.2 Å². The van der Waals surface area contributed by atoms with Crippen molar-refractivity contribution in [3.63, 3.8) is 0 Å². The third kappa shape index (κ3) is 4.44. The lowest BCUT2D eigenvalue weighted by Crippen LogP contribution is -2.38. The van der Waals surface area contributed by atoms with Crippen LogP contribution in [-0.4, -0.2) is 29.5 Å². The number of benzene rings is 1. The molecule has 2 aromatic rings. The SMILES string of the molecule is CC(C)(C)c1nnc([C@@H]2CCCCN2S(=O)(=O)c2ccc(C(F)(F)F)cc2Cl)o1. The number of aromatic nitrogens is 2. The zero-order valence-corrected chi connectivity index (χ0v) is 17.7. The summed E-state index contributed by atoms with van der Waals surface area (Å²) in [6.07, 6.45) is -2.80. The molecule has 0 N–H and O–H groups in total. The van der Waals surface area contributed by atoms with Gasteiger partial charge in [-0.2, -0.15) is 17.5 Å². The highest BCUT2D eigenvalue weighted by Gasteiger charge is 2.40. The molecule has 0 aliphatic carbocycles. The van der Waals surface area contributed by atoms with Crippen molar-refractivity contribution in [1.82, 2.24) is 14.5 Å². The zero-order valence-electron chi connectivity index (χ0n) is 16.1. The molecule has 0 unspecified atom stereocenters. The summed E-state index contributed by atoms with van der Waals surface area (Å²) < 4.78 is 72.0. The fourth-order valence-corrected chi connectivity index (χ4v) is 5.30. The lowest BCUT2D eigenvalue weighted by atomic mass is 9.97. The van der Waals surface area contributed by atoms with Crippen molar-refractivity contribution < 1.29 is 26.0 Å². The Balaban J connectivity index is 1.99. The van der Waals surface area contributed by atoms with Crippen LogP contribution in [0.3, 0.4) is 0 Å². The Morgan fingerprint density at radius 2 is 1.86 bits per heavy atom. The summed E-state index contributed by atoms with van der Waals surface area (Å²) in [5, 5.41) is 7.57. The van der Waals surface area contributed by atoms with E-state index in [0.717, 1.165) is 12.5 Å². The number of hydrogen-bond acceptors (Lipinski definition) is 5. The number of rotatable bonds is 3. The molecule has 29 heavy (non-hydrogen) atoms. The van der Waals surface area contributed by atoms with Gasteiger partial charge in [-0.15, -0.1) is 10.2 Å². The van der Waals surface area contributed by atoms with Gasteiger partial charge in [0.15, 0.2) is 0 Å². The monoisotopic (exact) mass is 451 g/mol. The minimum atomic E-state index is -4.62. The predicted octanol–water partition coefficient (Wildman–Crippen LogP) is 4.96. The Bertz CT molecular complexity index is 1000. The Morgan fingerprint density at radius 1 is 1.17 bits per heavy atom. The third-order valence-electron chi connectivity index (χ3n) is 4.67. The molecule has 160 valence electrons. The molecule has 1 fully saturated rings. The molecule has 1 aromatic carbocycles. The van der Waals surface area contributed by atoms with Crippen molar-refractivity contribution in [2.24, 2.45) is 0 Å². The van der Waals surface area contributed by atoms with Gasteiger partial charge in [0, 0.05) is 12.0 Å². The molecule has 1 aliphatic heterocycles. The molecule has 3 rings (SSSR count). The van der Waals surface area contributed by atoms with Crippen molar-refractivity contribution >= 4 is 21.6 Å². The number of halogens is 4. The molecular formula is C18H21ClF3N3O3S. The van der Waals surface area contributed by atoms with Gasteiger partial charge in [0.1, 0.15) is 10.9 Å². The third-order valence-corrected chi connectivity index (χ3v) is 7.06. The topological polar surface area (TPSA) is 76.3 Å². The molecule has 0 spiro atoms. The highest BCUT2D eigenvalue weighted by Crippen LogP contribution is 2.39. The Morgan fingerprint density at radius 3 is 2.41 bits per heavy atom. The maximum absolute atomic E-state index is 13.2. The summed E-state index contributed by atoms with van der Waals surface area (Å²) in [5.74, 6) is 0.546. The largest absolute Gasteiger partial charge is 0.423 e. The minimum Gasteiger partial charge on any atom is -0.423 e. The maximum Gasteiger partial charge on any atom is 0.416 e. The van der Waals surface area contributed by atoms with Crippen LogP contribution >= 0.6 is 11.6 Å². The van der Waals surface area contributed by atoms with Crippen molar-refractivity contribution in [3.8, 4) is 0 Å². The molecule has 1 saturated heterocycles. The molecule has 11 heteroatoms. The highest BCUT2D eigenvalue weighted by molar-refractivity contribution is 7.89. The van der Waals surface area contributed by atoms with Gasteiger partial charge in [-0.05, 0) is 31.0 Å². The molecule has 0 amide bonds. The first kappa shape index (κ1) is 22.0. The number of alkyl halides is 3. The molecule has 2 heterocycles. The summed E-state index contributed by atoms with van der Waals surface area (Å²) in [4.78, 5) is -0.380. The van der Waals surface area contributed by atoms with Crippen LogP contribution in [0.2, 0.25) is 5.02 Å². The van der Waals surface area contributed by atoms with E-state index in [0.29, 0.717) is 30.9 Å². The second kappa shape index (κ2) is 7.55. The van der Waals surface area contributed by atoms with Crippen LogP contribution < -0.4 is 0 Å². The summed E-state index contributed by atoms with van der Waals surface area (Å²) in [6.45, 7) is 5.85. The smallest absolute Gasteiger partial charge is 0.416 e. The minimum absolute atomic E-state index is 0.168. The zero-order chi connectivity index (χ0) is 21.6. The second-order valence-corrected chi connectivity index (χ2v) is 10.2. The first-order valence-corrected chi connectivity index (χ1v) is 10.9. The normalized spacial score (nSPS) is 19.5. The lowest BCUT2D eigenvalue weighted by Gasteiger charge is -2.32. The Kier molecular flexibility index (Phi) is 5.74. The lowest BCUT2D eigenvalue weighted by molar-refractivity contribution is -0.137. The van der Waals surface area contributed by atoms with Gasteiger partial charge in [-0.3, -0.25) is 0 Å². The first-order valence-electron chi connectivity index (χ1n) is 9.04. The Labute approximate surface area is 172 Å². The van der Waals surface area contributed by atoms with Gasteiger partial charge >= 0.3 is 6.18 Å². The Hall–Kier alpha value is -1.65. The number of nitrogens with zero attached hydrogens (tertiary/aromatic N) is 3. The van der Waals surface area contributed by atoms with Gasteiger partial charge in [0.25, 0.3) is 0 Å². The van der Waals surface area contributed by atoms with Gasteiger partial charge in [-0.1, -0.05) is 38.8 Å². The predicted molar refractivity (Wildman–Crippen MR) is 99.9 cm³/mol. The van der Waals surface area contributed by atoms with Gasteiger partial charge in [0.05, 0.1) is 10.6 Å². The summed E-state index contributed by atoms with van der Waals surface area (Å²) in [5.41, 5.74) is -1.41. The van der Waals surface area contributed by atoms with Crippen LogP contribution in [-0.2, 0) is 21.6 Å². The molecule has 1 aromatic heterocycles. The van der Waals surface area contributed by atoms with Crippen molar-refractivity contribution in [2.75, 3.05) is 6.54 Å².